The summed E-state index contributed by atoms with van der Waals surface area (Å²) < 4.78 is 6.08. The summed E-state index contributed by atoms with van der Waals surface area (Å²) in [5.41, 5.74) is 8.98. The number of carboxylic acids is 1. The number of para-hydroxylation sites is 2. The number of amides is 1. The maximum atomic E-state index is 13.4. The lowest BCUT2D eigenvalue weighted by Crippen LogP contribution is -2.46. The first-order valence-electron chi connectivity index (χ1n) is 15.0. The molecule has 0 spiro atoms. The molecule has 1 heterocycles. The number of ether oxygens (including phenoxy) is 1. The van der Waals surface area contributed by atoms with Gasteiger partial charge in [-0.25, -0.2) is 4.99 Å². The lowest BCUT2D eigenvalue weighted by molar-refractivity contribution is -0.136. The number of aliphatic imine (C=N–C) groups is 1. The molecule has 1 aliphatic heterocycles. The highest BCUT2D eigenvalue weighted by Crippen LogP contribution is 2.35. The van der Waals surface area contributed by atoms with Gasteiger partial charge in [-0.2, -0.15) is 0 Å². The lowest BCUT2D eigenvalue weighted by atomic mass is 9.84. The Kier molecular flexibility index (Phi) is 9.74. The quantitative estimate of drug-likeness (QED) is 0.247. The third kappa shape index (κ3) is 7.69. The van der Waals surface area contributed by atoms with Gasteiger partial charge in [0, 0.05) is 30.3 Å². The summed E-state index contributed by atoms with van der Waals surface area (Å²) in [6.45, 7) is 0.193. The second-order valence-corrected chi connectivity index (χ2v) is 11.3. The van der Waals surface area contributed by atoms with Gasteiger partial charge in [-0.15, -0.1) is 0 Å². The second-order valence-electron chi connectivity index (χ2n) is 11.3. The van der Waals surface area contributed by atoms with Crippen molar-refractivity contribution in [3.63, 3.8) is 0 Å². The zero-order valence-electron chi connectivity index (χ0n) is 24.0. The minimum atomic E-state index is -1.04. The van der Waals surface area contributed by atoms with Crippen LogP contribution in [0.2, 0.25) is 0 Å². The van der Waals surface area contributed by atoms with Gasteiger partial charge in [0.15, 0.2) is 5.96 Å². The molecule has 1 aliphatic carbocycles. The number of rotatable bonds is 12. The largest absolute Gasteiger partial charge is 0.480 e. The van der Waals surface area contributed by atoms with Crippen LogP contribution in [0, 0.1) is 5.92 Å². The zero-order chi connectivity index (χ0) is 29.3. The zero-order valence-corrected chi connectivity index (χ0v) is 24.0. The SMILES string of the molecule is NC1=Nc2ccc(Oc3ccccc3)cc2CN1[C@@H](CCC(=O)N(CC(=O)O)c1ccccc1)CCC1CCCCC1. The Morgan fingerprint density at radius 3 is 2.38 bits per heavy atom. The van der Waals surface area contributed by atoms with E-state index in [9.17, 15) is 14.7 Å². The number of carbonyl (C=O) groups excluding carboxylic acids is 1. The van der Waals surface area contributed by atoms with Gasteiger partial charge < -0.3 is 25.4 Å². The van der Waals surface area contributed by atoms with Crippen LogP contribution in [0.5, 0.6) is 11.5 Å². The highest BCUT2D eigenvalue weighted by atomic mass is 16.5. The van der Waals surface area contributed by atoms with Crippen molar-refractivity contribution < 1.29 is 19.4 Å². The average molecular weight is 569 g/mol. The van der Waals surface area contributed by atoms with Gasteiger partial charge in [-0.1, -0.05) is 68.5 Å². The fourth-order valence-corrected chi connectivity index (χ4v) is 6.11. The van der Waals surface area contributed by atoms with Gasteiger partial charge >= 0.3 is 5.97 Å². The minimum Gasteiger partial charge on any atom is -0.480 e. The van der Waals surface area contributed by atoms with Gasteiger partial charge in [0.05, 0.1) is 5.69 Å². The molecule has 8 nitrogen and oxygen atoms in total. The molecule has 220 valence electrons. The van der Waals surface area contributed by atoms with E-state index in [0.29, 0.717) is 30.5 Å². The van der Waals surface area contributed by atoms with Gasteiger partial charge in [0.2, 0.25) is 5.91 Å². The highest BCUT2D eigenvalue weighted by Gasteiger charge is 2.29. The predicted octanol–water partition coefficient (Wildman–Crippen LogP) is 6.87. The Balaban J connectivity index is 1.33. The van der Waals surface area contributed by atoms with Crippen LogP contribution in [0.3, 0.4) is 0 Å². The molecule has 0 radical (unpaired) electrons. The van der Waals surface area contributed by atoms with E-state index in [1.807, 2.05) is 66.7 Å². The first-order valence-corrected chi connectivity index (χ1v) is 15.0. The van der Waals surface area contributed by atoms with E-state index in [1.54, 1.807) is 12.1 Å². The van der Waals surface area contributed by atoms with Crippen LogP contribution in [0.25, 0.3) is 0 Å². The van der Waals surface area contributed by atoms with Gasteiger partial charge in [-0.05, 0) is 67.6 Å². The molecule has 0 saturated heterocycles. The highest BCUT2D eigenvalue weighted by molar-refractivity contribution is 5.97. The molecule has 1 atom stereocenters. The monoisotopic (exact) mass is 568 g/mol. The molecule has 2 aliphatic rings. The number of anilines is 1. The fraction of sp³-hybridized carbons (Fsp3) is 0.382. The second kappa shape index (κ2) is 14.0. The average Bonchev–Trinajstić information content (AvgIpc) is 3.01. The summed E-state index contributed by atoms with van der Waals surface area (Å²) >= 11 is 0. The summed E-state index contributed by atoms with van der Waals surface area (Å²) in [7, 11) is 0. The molecule has 8 heteroatoms. The predicted molar refractivity (Wildman–Crippen MR) is 165 cm³/mol. The number of nitrogens with zero attached hydrogens (tertiary/aromatic N) is 3. The summed E-state index contributed by atoms with van der Waals surface area (Å²) in [5, 5.41) is 9.50. The number of hydrogen-bond acceptors (Lipinski definition) is 6. The van der Waals surface area contributed by atoms with Crippen LogP contribution in [0.1, 0.15) is 63.4 Å². The third-order valence-electron chi connectivity index (χ3n) is 8.33. The van der Waals surface area contributed by atoms with E-state index >= 15 is 0 Å². The Morgan fingerprint density at radius 1 is 0.952 bits per heavy atom. The molecule has 0 unspecified atom stereocenters. The molecule has 3 N–H and O–H groups in total. The third-order valence-corrected chi connectivity index (χ3v) is 8.33. The van der Waals surface area contributed by atoms with Crippen molar-refractivity contribution in [3.05, 3.63) is 84.4 Å². The molecule has 1 saturated carbocycles. The number of guanidine groups is 1. The minimum absolute atomic E-state index is 0.00562. The van der Waals surface area contributed by atoms with Crippen LogP contribution < -0.4 is 15.4 Å². The standard InChI is InChI=1S/C34H40N4O4/c35-34-36-31-20-19-30(42-29-14-8-3-9-15-29)22-26(31)23-38(34)28(17-16-25-10-4-1-5-11-25)18-21-32(39)37(24-33(40)41)27-12-6-2-7-13-27/h2-3,6-9,12-15,19-20,22,25,28H,1,4-5,10-11,16-18,21,23-24H2,(H2,35,36)(H,40,41)/t28-/m1/s1. The van der Waals surface area contributed by atoms with Crippen LogP contribution in [0.15, 0.2) is 83.9 Å². The summed E-state index contributed by atoms with van der Waals surface area (Å²) in [6, 6.07) is 24.5. The van der Waals surface area contributed by atoms with Crippen molar-refractivity contribution in [2.75, 3.05) is 11.4 Å². The van der Waals surface area contributed by atoms with Crippen molar-refractivity contribution in [3.8, 4) is 11.5 Å². The van der Waals surface area contributed by atoms with Crippen molar-refractivity contribution >= 4 is 29.2 Å². The van der Waals surface area contributed by atoms with E-state index in [-0.39, 0.29) is 24.9 Å². The fourth-order valence-electron chi connectivity index (χ4n) is 6.11. The summed E-state index contributed by atoms with van der Waals surface area (Å²) in [4.78, 5) is 33.3. The Labute approximate surface area is 247 Å². The molecular weight excluding hydrogens is 528 g/mol. The number of aliphatic carboxylic acids is 1. The molecule has 42 heavy (non-hydrogen) atoms. The van der Waals surface area contributed by atoms with Crippen molar-refractivity contribution in [2.45, 2.75) is 70.4 Å². The van der Waals surface area contributed by atoms with Gasteiger partial charge in [-0.3, -0.25) is 9.59 Å². The van der Waals surface area contributed by atoms with E-state index < -0.39 is 5.97 Å². The van der Waals surface area contributed by atoms with Crippen LogP contribution in [-0.4, -0.2) is 40.4 Å². The number of benzene rings is 3. The molecule has 0 aromatic heterocycles. The van der Waals surface area contributed by atoms with Crippen LogP contribution in [0.4, 0.5) is 11.4 Å². The lowest BCUT2D eigenvalue weighted by Gasteiger charge is -2.37. The summed E-state index contributed by atoms with van der Waals surface area (Å²) in [6.07, 6.45) is 9.10. The van der Waals surface area contributed by atoms with E-state index in [2.05, 4.69) is 4.90 Å². The molecule has 3 aromatic rings. The number of hydrogen-bond donors (Lipinski definition) is 2. The molecule has 3 aromatic carbocycles. The van der Waals surface area contributed by atoms with Crippen molar-refractivity contribution in [1.82, 2.24) is 4.90 Å². The Morgan fingerprint density at radius 2 is 1.67 bits per heavy atom. The maximum Gasteiger partial charge on any atom is 0.323 e. The maximum absolute atomic E-state index is 13.4. The number of carboxylic acid groups (broad SMARTS) is 1. The van der Waals surface area contributed by atoms with Crippen molar-refractivity contribution in [2.24, 2.45) is 16.6 Å². The molecular formula is C34H40N4O4. The normalized spacial score (nSPS) is 15.8. The number of nitrogens with two attached hydrogens (primary N) is 1. The molecule has 1 fully saturated rings. The van der Waals surface area contributed by atoms with Gasteiger partial charge in [0.25, 0.3) is 0 Å². The molecule has 0 bridgehead atoms. The topological polar surface area (TPSA) is 108 Å². The number of fused-ring (bicyclic) bond motifs is 1. The first kappa shape index (κ1) is 29.2. The molecule has 5 rings (SSSR count). The molecule has 1 amide bonds. The Hall–Kier alpha value is -4.33. The van der Waals surface area contributed by atoms with Crippen LogP contribution >= 0.6 is 0 Å². The van der Waals surface area contributed by atoms with E-state index in [4.69, 9.17) is 15.5 Å². The van der Waals surface area contributed by atoms with Crippen LogP contribution in [-0.2, 0) is 16.1 Å². The van der Waals surface area contributed by atoms with Crippen molar-refractivity contribution in [1.29, 1.82) is 0 Å². The van der Waals surface area contributed by atoms with Gasteiger partial charge in [0.1, 0.15) is 18.0 Å². The summed E-state index contributed by atoms with van der Waals surface area (Å²) in [5.74, 6) is 1.38. The van der Waals surface area contributed by atoms with E-state index in [1.165, 1.54) is 37.0 Å². The van der Waals surface area contributed by atoms with E-state index in [0.717, 1.165) is 35.6 Å². The first-order chi connectivity index (χ1) is 20.5. The number of carbonyl (C=O) groups is 2. The smallest absolute Gasteiger partial charge is 0.323 e. The Bertz CT molecular complexity index is 1370.